The summed E-state index contributed by atoms with van der Waals surface area (Å²) in [6.07, 6.45) is 0.230. The van der Waals surface area contributed by atoms with Gasteiger partial charge >= 0.3 is 5.97 Å². The Hall–Kier alpha value is -2.60. The second-order valence-electron chi connectivity index (χ2n) is 8.60. The van der Waals surface area contributed by atoms with Crippen LogP contribution in [0.25, 0.3) is 0 Å². The number of carboxylic acid groups (broad SMARTS) is 1. The van der Waals surface area contributed by atoms with E-state index in [0.717, 1.165) is 27.6 Å². The maximum absolute atomic E-state index is 11.2. The summed E-state index contributed by atoms with van der Waals surface area (Å²) in [5.74, 6) is -0.418. The van der Waals surface area contributed by atoms with Crippen LogP contribution >= 0.6 is 27.5 Å². The van der Waals surface area contributed by atoms with Gasteiger partial charge in [0.05, 0.1) is 12.2 Å². The minimum atomic E-state index is -1.03. The molecule has 1 heterocycles. The standard InChI is InChI=1S/C28H26BrClO4/c1-17(2)22-15-23(18-6-4-3-5-7-18)27(19-8-11-21(30)12-9-19)34-28(22)24-14-20(29)10-13-25(24)33-16-26(31)32/h3-14,22-23,27-28H,1,15-16H2,2H3,(H,31,32)/t22-,23-,27+,28+/m1/s1. The molecule has 0 radical (unpaired) electrons. The number of aliphatic carboxylic acids is 1. The van der Waals surface area contributed by atoms with Gasteiger partial charge in [-0.15, -0.1) is 0 Å². The van der Waals surface area contributed by atoms with Gasteiger partial charge in [-0.2, -0.15) is 0 Å². The zero-order valence-corrected chi connectivity index (χ0v) is 21.1. The first kappa shape index (κ1) is 24.5. The monoisotopic (exact) mass is 540 g/mol. The lowest BCUT2D eigenvalue weighted by molar-refractivity contribution is -0.139. The molecular formula is C28H26BrClO4. The average molecular weight is 542 g/mol. The van der Waals surface area contributed by atoms with Gasteiger partial charge < -0.3 is 14.6 Å². The maximum Gasteiger partial charge on any atom is 0.341 e. The largest absolute Gasteiger partial charge is 0.482 e. The number of halogens is 2. The van der Waals surface area contributed by atoms with Crippen LogP contribution in [0.5, 0.6) is 5.75 Å². The first-order chi connectivity index (χ1) is 16.3. The molecule has 4 nitrogen and oxygen atoms in total. The molecule has 0 amide bonds. The van der Waals surface area contributed by atoms with Crippen LogP contribution in [0.4, 0.5) is 0 Å². The van der Waals surface area contributed by atoms with E-state index in [1.54, 1.807) is 6.07 Å². The number of benzene rings is 3. The fraction of sp³-hybridized carbons (Fsp3) is 0.250. The quantitative estimate of drug-likeness (QED) is 0.311. The molecule has 1 saturated heterocycles. The molecule has 0 spiro atoms. The van der Waals surface area contributed by atoms with Gasteiger partial charge in [0.25, 0.3) is 0 Å². The molecule has 0 bridgehead atoms. The average Bonchev–Trinajstić information content (AvgIpc) is 2.83. The van der Waals surface area contributed by atoms with Crippen molar-refractivity contribution in [3.8, 4) is 5.75 Å². The van der Waals surface area contributed by atoms with E-state index in [-0.39, 0.29) is 24.0 Å². The summed E-state index contributed by atoms with van der Waals surface area (Å²) in [7, 11) is 0. The van der Waals surface area contributed by atoms with Gasteiger partial charge in [-0.25, -0.2) is 4.79 Å². The van der Waals surface area contributed by atoms with Gasteiger partial charge in [0, 0.05) is 26.9 Å². The van der Waals surface area contributed by atoms with E-state index < -0.39 is 12.6 Å². The van der Waals surface area contributed by atoms with Crippen molar-refractivity contribution in [2.24, 2.45) is 5.92 Å². The SMILES string of the molecule is C=C(C)[C@H]1C[C@H](c2ccccc2)[C@H](c2ccc(Cl)cc2)O[C@@H]1c1cc(Br)ccc1OCC(=O)O. The number of ether oxygens (including phenoxy) is 2. The van der Waals surface area contributed by atoms with Gasteiger partial charge in [0.15, 0.2) is 6.61 Å². The molecule has 0 unspecified atom stereocenters. The van der Waals surface area contributed by atoms with Crippen LogP contribution in [0, 0.1) is 5.92 Å². The van der Waals surface area contributed by atoms with E-state index in [2.05, 4.69) is 34.6 Å². The molecule has 0 aliphatic carbocycles. The second-order valence-corrected chi connectivity index (χ2v) is 9.95. The first-order valence-electron chi connectivity index (χ1n) is 11.1. The molecule has 4 rings (SSSR count). The summed E-state index contributed by atoms with van der Waals surface area (Å²) >= 11 is 9.72. The normalized spacial score (nSPS) is 22.2. The molecule has 34 heavy (non-hydrogen) atoms. The van der Waals surface area contributed by atoms with Gasteiger partial charge in [-0.05, 0) is 54.8 Å². The Morgan fingerprint density at radius 1 is 1.09 bits per heavy atom. The Kier molecular flexibility index (Phi) is 7.77. The van der Waals surface area contributed by atoms with Gasteiger partial charge in [0.2, 0.25) is 0 Å². The molecule has 3 aromatic carbocycles. The lowest BCUT2D eigenvalue weighted by Crippen LogP contribution is -2.31. The molecule has 1 N–H and O–H groups in total. The summed E-state index contributed by atoms with van der Waals surface area (Å²) in [6, 6.07) is 23.7. The van der Waals surface area contributed by atoms with Crippen molar-refractivity contribution < 1.29 is 19.4 Å². The highest BCUT2D eigenvalue weighted by Gasteiger charge is 2.41. The van der Waals surface area contributed by atoms with Crippen molar-refractivity contribution in [3.63, 3.8) is 0 Å². The third-order valence-corrected chi connectivity index (χ3v) is 6.97. The third-order valence-electron chi connectivity index (χ3n) is 6.22. The molecule has 6 heteroatoms. The minimum absolute atomic E-state index is 0.00948. The van der Waals surface area contributed by atoms with Crippen molar-refractivity contribution in [2.45, 2.75) is 31.5 Å². The van der Waals surface area contributed by atoms with Crippen LogP contribution in [0.15, 0.2) is 89.4 Å². The van der Waals surface area contributed by atoms with Gasteiger partial charge in [-0.1, -0.05) is 82.1 Å². The Labute approximate surface area is 213 Å². The van der Waals surface area contributed by atoms with Crippen LogP contribution in [-0.4, -0.2) is 17.7 Å². The van der Waals surface area contributed by atoms with E-state index in [0.29, 0.717) is 10.8 Å². The van der Waals surface area contributed by atoms with E-state index in [9.17, 15) is 4.79 Å². The summed E-state index contributed by atoms with van der Waals surface area (Å²) < 4.78 is 13.4. The molecule has 1 aliphatic rings. The second kappa shape index (κ2) is 10.8. The molecule has 0 saturated carbocycles. The topological polar surface area (TPSA) is 55.8 Å². The summed E-state index contributed by atoms with van der Waals surface area (Å²) in [6.45, 7) is 5.87. The number of rotatable bonds is 7. The van der Waals surface area contributed by atoms with Crippen LogP contribution in [0.2, 0.25) is 5.02 Å². The summed E-state index contributed by atoms with van der Waals surface area (Å²) in [5.41, 5.74) is 4.04. The Morgan fingerprint density at radius 2 is 1.79 bits per heavy atom. The van der Waals surface area contributed by atoms with Crippen molar-refractivity contribution in [3.05, 3.63) is 111 Å². The Morgan fingerprint density at radius 3 is 2.44 bits per heavy atom. The van der Waals surface area contributed by atoms with E-state index >= 15 is 0 Å². The first-order valence-corrected chi connectivity index (χ1v) is 12.3. The Balaban J connectivity index is 1.79. The third kappa shape index (κ3) is 5.54. The number of carboxylic acids is 1. The highest BCUT2D eigenvalue weighted by molar-refractivity contribution is 9.10. The van der Waals surface area contributed by atoms with Crippen LogP contribution in [0.1, 0.15) is 48.2 Å². The van der Waals surface area contributed by atoms with Crippen LogP contribution < -0.4 is 4.74 Å². The lowest BCUT2D eigenvalue weighted by atomic mass is 9.74. The molecule has 176 valence electrons. The lowest BCUT2D eigenvalue weighted by Gasteiger charge is -2.43. The molecule has 1 fully saturated rings. The highest BCUT2D eigenvalue weighted by Crippen LogP contribution is 2.53. The zero-order chi connectivity index (χ0) is 24.2. The maximum atomic E-state index is 11.2. The number of carbonyl (C=O) groups is 1. The van der Waals surface area contributed by atoms with Crippen molar-refractivity contribution in [2.75, 3.05) is 6.61 Å². The fourth-order valence-electron chi connectivity index (χ4n) is 4.61. The van der Waals surface area contributed by atoms with E-state index in [1.165, 1.54) is 5.56 Å². The van der Waals surface area contributed by atoms with E-state index in [1.807, 2.05) is 61.5 Å². The summed E-state index contributed by atoms with van der Waals surface area (Å²) in [5, 5.41) is 9.82. The van der Waals surface area contributed by atoms with Crippen LogP contribution in [-0.2, 0) is 9.53 Å². The molecular weight excluding hydrogens is 516 g/mol. The predicted octanol–water partition coefficient (Wildman–Crippen LogP) is 7.74. The summed E-state index contributed by atoms with van der Waals surface area (Å²) in [4.78, 5) is 11.2. The number of hydrogen-bond donors (Lipinski definition) is 1. The number of hydrogen-bond acceptors (Lipinski definition) is 3. The van der Waals surface area contributed by atoms with Crippen molar-refractivity contribution >= 4 is 33.5 Å². The smallest absolute Gasteiger partial charge is 0.341 e. The van der Waals surface area contributed by atoms with Crippen molar-refractivity contribution in [1.29, 1.82) is 0 Å². The van der Waals surface area contributed by atoms with E-state index in [4.69, 9.17) is 26.2 Å². The molecule has 4 atom stereocenters. The van der Waals surface area contributed by atoms with Crippen molar-refractivity contribution in [1.82, 2.24) is 0 Å². The zero-order valence-electron chi connectivity index (χ0n) is 18.8. The van der Waals surface area contributed by atoms with Gasteiger partial charge in [0.1, 0.15) is 5.75 Å². The Bertz CT molecular complexity index is 1160. The molecule has 0 aromatic heterocycles. The highest BCUT2D eigenvalue weighted by atomic mass is 79.9. The van der Waals surface area contributed by atoms with Crippen LogP contribution in [0.3, 0.4) is 0 Å². The molecule has 3 aromatic rings. The minimum Gasteiger partial charge on any atom is -0.482 e. The fourth-order valence-corrected chi connectivity index (χ4v) is 5.11. The molecule has 1 aliphatic heterocycles. The predicted molar refractivity (Wildman–Crippen MR) is 137 cm³/mol. The van der Waals surface area contributed by atoms with Gasteiger partial charge in [-0.3, -0.25) is 0 Å².